The highest BCUT2D eigenvalue weighted by Gasteiger charge is 2.23. The highest BCUT2D eigenvalue weighted by molar-refractivity contribution is 5.95. The minimum Gasteiger partial charge on any atom is -0.339 e. The number of fused-ring (bicyclic) bond motifs is 1. The van der Waals surface area contributed by atoms with Gasteiger partial charge in [0.25, 0.3) is 5.91 Å². The zero-order chi connectivity index (χ0) is 12.4. The van der Waals surface area contributed by atoms with Gasteiger partial charge in [0.1, 0.15) is 0 Å². The molecule has 2 aliphatic rings. The van der Waals surface area contributed by atoms with Crippen LogP contribution in [0.4, 0.5) is 0 Å². The summed E-state index contributed by atoms with van der Waals surface area (Å²) in [5, 5.41) is 3.32. The van der Waals surface area contributed by atoms with Crippen molar-refractivity contribution < 1.29 is 4.79 Å². The lowest BCUT2D eigenvalue weighted by Crippen LogP contribution is -2.37. The number of amides is 1. The van der Waals surface area contributed by atoms with Crippen LogP contribution < -0.4 is 5.32 Å². The topological polar surface area (TPSA) is 45.2 Å². The van der Waals surface area contributed by atoms with Crippen LogP contribution in [0.25, 0.3) is 0 Å². The van der Waals surface area contributed by atoms with Gasteiger partial charge in [0.2, 0.25) is 0 Å². The zero-order valence-electron chi connectivity index (χ0n) is 10.6. The van der Waals surface area contributed by atoms with E-state index in [2.05, 4.69) is 10.3 Å². The lowest BCUT2D eigenvalue weighted by molar-refractivity contribution is 0.0722. The summed E-state index contributed by atoms with van der Waals surface area (Å²) in [4.78, 5) is 18.8. The summed E-state index contributed by atoms with van der Waals surface area (Å²) in [5.74, 6) is 0.181. The summed E-state index contributed by atoms with van der Waals surface area (Å²) in [6.07, 6.45) is 8.09. The van der Waals surface area contributed by atoms with Gasteiger partial charge in [-0.1, -0.05) is 0 Å². The van der Waals surface area contributed by atoms with E-state index in [0.29, 0.717) is 0 Å². The highest BCUT2D eigenvalue weighted by Crippen LogP contribution is 2.20. The Morgan fingerprint density at radius 2 is 2.06 bits per heavy atom. The number of nitrogens with one attached hydrogen (secondary N) is 1. The van der Waals surface area contributed by atoms with E-state index in [1.54, 1.807) is 6.20 Å². The number of carbonyl (C=O) groups is 1. The van der Waals surface area contributed by atoms with Crippen LogP contribution in [0.2, 0.25) is 0 Å². The third-order valence-electron chi connectivity index (χ3n) is 3.89. The van der Waals surface area contributed by atoms with Gasteiger partial charge in [0, 0.05) is 32.0 Å². The second-order valence-corrected chi connectivity index (χ2v) is 5.10. The van der Waals surface area contributed by atoms with Crippen LogP contribution in [0.5, 0.6) is 0 Å². The van der Waals surface area contributed by atoms with E-state index >= 15 is 0 Å². The second-order valence-electron chi connectivity index (χ2n) is 5.10. The molecule has 1 fully saturated rings. The number of piperidine rings is 1. The smallest absolute Gasteiger partial charge is 0.255 e. The molecule has 2 aliphatic heterocycles. The van der Waals surface area contributed by atoms with E-state index in [4.69, 9.17) is 0 Å². The van der Waals surface area contributed by atoms with Gasteiger partial charge in [-0.2, -0.15) is 0 Å². The predicted octanol–water partition coefficient (Wildman–Crippen LogP) is 1.35. The molecule has 4 nitrogen and oxygen atoms in total. The minimum absolute atomic E-state index is 0.181. The molecule has 3 rings (SSSR count). The van der Waals surface area contributed by atoms with Crippen molar-refractivity contribution >= 4 is 5.91 Å². The fourth-order valence-corrected chi connectivity index (χ4v) is 2.87. The first-order valence-corrected chi connectivity index (χ1v) is 6.82. The molecule has 1 saturated heterocycles. The number of hydrogen-bond acceptors (Lipinski definition) is 3. The Morgan fingerprint density at radius 1 is 1.22 bits per heavy atom. The van der Waals surface area contributed by atoms with Crippen molar-refractivity contribution in [3.63, 3.8) is 0 Å². The summed E-state index contributed by atoms with van der Waals surface area (Å²) in [6, 6.07) is 0. The maximum Gasteiger partial charge on any atom is 0.255 e. The van der Waals surface area contributed by atoms with Crippen LogP contribution in [-0.2, 0) is 13.0 Å². The molecule has 4 heteroatoms. The highest BCUT2D eigenvalue weighted by atomic mass is 16.2. The molecule has 18 heavy (non-hydrogen) atoms. The van der Waals surface area contributed by atoms with Gasteiger partial charge in [-0.05, 0) is 43.4 Å². The fourth-order valence-electron chi connectivity index (χ4n) is 2.87. The molecular formula is C14H19N3O. The number of likely N-dealkylation sites (tertiary alicyclic amines) is 1. The largest absolute Gasteiger partial charge is 0.339 e. The molecule has 1 aromatic heterocycles. The quantitative estimate of drug-likeness (QED) is 0.812. The first-order valence-electron chi connectivity index (χ1n) is 6.82. The van der Waals surface area contributed by atoms with E-state index < -0.39 is 0 Å². The van der Waals surface area contributed by atoms with Crippen molar-refractivity contribution in [2.45, 2.75) is 32.2 Å². The number of carbonyl (C=O) groups excluding carboxylic acids is 1. The van der Waals surface area contributed by atoms with E-state index in [0.717, 1.165) is 51.0 Å². The Labute approximate surface area is 107 Å². The number of hydrogen-bond donors (Lipinski definition) is 1. The number of pyridine rings is 1. The van der Waals surface area contributed by atoms with Crippen LogP contribution in [0.15, 0.2) is 12.4 Å². The average Bonchev–Trinajstić information content (AvgIpc) is 2.47. The summed E-state index contributed by atoms with van der Waals surface area (Å²) in [6.45, 7) is 3.60. The second kappa shape index (κ2) is 5.06. The molecule has 0 saturated carbocycles. The maximum atomic E-state index is 12.5. The van der Waals surface area contributed by atoms with E-state index in [-0.39, 0.29) is 5.91 Å². The molecule has 0 atom stereocenters. The van der Waals surface area contributed by atoms with Gasteiger partial charge >= 0.3 is 0 Å². The molecule has 0 bridgehead atoms. The van der Waals surface area contributed by atoms with Gasteiger partial charge in [-0.25, -0.2) is 0 Å². The standard InChI is InChI=1S/C14H19N3O/c18-14(17-6-2-1-3-7-17)13-10-16-9-11-8-15-5-4-12(11)13/h9-10,15H,1-8H2. The van der Waals surface area contributed by atoms with Crippen molar-refractivity contribution in [3.05, 3.63) is 29.1 Å². The summed E-state index contributed by atoms with van der Waals surface area (Å²) in [5.41, 5.74) is 3.22. The van der Waals surface area contributed by atoms with E-state index in [1.807, 2.05) is 11.1 Å². The van der Waals surface area contributed by atoms with Crippen LogP contribution in [0.1, 0.15) is 40.7 Å². The lowest BCUT2D eigenvalue weighted by Gasteiger charge is -2.28. The van der Waals surface area contributed by atoms with Gasteiger partial charge in [0.05, 0.1) is 5.56 Å². The Morgan fingerprint density at radius 3 is 2.89 bits per heavy atom. The van der Waals surface area contributed by atoms with E-state index in [1.165, 1.54) is 17.5 Å². The predicted molar refractivity (Wildman–Crippen MR) is 69.4 cm³/mol. The van der Waals surface area contributed by atoms with Crippen molar-refractivity contribution in [3.8, 4) is 0 Å². The van der Waals surface area contributed by atoms with Crippen molar-refractivity contribution in [1.29, 1.82) is 0 Å². The van der Waals surface area contributed by atoms with Crippen LogP contribution in [-0.4, -0.2) is 35.4 Å². The molecule has 0 aromatic carbocycles. The Balaban J connectivity index is 1.89. The van der Waals surface area contributed by atoms with Gasteiger partial charge in [-0.15, -0.1) is 0 Å². The summed E-state index contributed by atoms with van der Waals surface area (Å²) < 4.78 is 0. The summed E-state index contributed by atoms with van der Waals surface area (Å²) in [7, 11) is 0. The average molecular weight is 245 g/mol. The van der Waals surface area contributed by atoms with Gasteiger partial charge in [-0.3, -0.25) is 9.78 Å². The van der Waals surface area contributed by atoms with Crippen LogP contribution >= 0.6 is 0 Å². The Bertz CT molecular complexity index is 452. The third-order valence-corrected chi connectivity index (χ3v) is 3.89. The normalized spacial score (nSPS) is 19.4. The number of rotatable bonds is 1. The Kier molecular flexibility index (Phi) is 3.28. The SMILES string of the molecule is O=C(c1cncc2c1CCNC2)N1CCCCC1. The van der Waals surface area contributed by atoms with Gasteiger partial charge in [0.15, 0.2) is 0 Å². The molecule has 3 heterocycles. The minimum atomic E-state index is 0.181. The molecule has 0 unspecified atom stereocenters. The van der Waals surface area contributed by atoms with Crippen LogP contribution in [0, 0.1) is 0 Å². The molecule has 0 radical (unpaired) electrons. The molecular weight excluding hydrogens is 226 g/mol. The molecule has 1 N–H and O–H groups in total. The molecule has 96 valence electrons. The van der Waals surface area contributed by atoms with Crippen LogP contribution in [0.3, 0.4) is 0 Å². The number of aromatic nitrogens is 1. The monoisotopic (exact) mass is 245 g/mol. The fraction of sp³-hybridized carbons (Fsp3) is 0.571. The Hall–Kier alpha value is -1.42. The third kappa shape index (κ3) is 2.12. The summed E-state index contributed by atoms with van der Waals surface area (Å²) >= 11 is 0. The van der Waals surface area contributed by atoms with Crippen molar-refractivity contribution in [1.82, 2.24) is 15.2 Å². The van der Waals surface area contributed by atoms with E-state index in [9.17, 15) is 4.79 Å². The number of nitrogens with zero attached hydrogens (tertiary/aromatic N) is 2. The maximum absolute atomic E-state index is 12.5. The molecule has 0 aliphatic carbocycles. The van der Waals surface area contributed by atoms with Gasteiger partial charge < -0.3 is 10.2 Å². The molecule has 1 aromatic rings. The first kappa shape index (κ1) is 11.7. The first-order chi connectivity index (χ1) is 8.86. The molecule has 0 spiro atoms. The zero-order valence-corrected chi connectivity index (χ0v) is 10.6. The molecule has 1 amide bonds. The van der Waals surface area contributed by atoms with Crippen molar-refractivity contribution in [2.24, 2.45) is 0 Å². The lowest BCUT2D eigenvalue weighted by atomic mass is 9.97. The van der Waals surface area contributed by atoms with Crippen molar-refractivity contribution in [2.75, 3.05) is 19.6 Å².